The number of carbonyl (C=O) groups excluding carboxylic acids is 1. The summed E-state index contributed by atoms with van der Waals surface area (Å²) in [7, 11) is 1.55. The Morgan fingerprint density at radius 1 is 1.27 bits per heavy atom. The van der Waals surface area contributed by atoms with Crippen LogP contribution in [0.15, 0.2) is 54.7 Å². The van der Waals surface area contributed by atoms with Crippen LogP contribution in [0.1, 0.15) is 18.4 Å². The quantitative estimate of drug-likeness (QED) is 0.504. The van der Waals surface area contributed by atoms with Gasteiger partial charge in [-0.15, -0.1) is 0 Å². The largest absolute Gasteiger partial charge is 0.481 e. The first kappa shape index (κ1) is 24.8. The number of methoxy groups -OCH3 is 1. The molecule has 37 heavy (non-hydrogen) atoms. The highest BCUT2D eigenvalue weighted by molar-refractivity contribution is 6.33. The van der Waals surface area contributed by atoms with Crippen molar-refractivity contribution in [1.82, 2.24) is 9.88 Å². The number of likely N-dealkylation sites (tertiary alicyclic amines) is 1. The minimum Gasteiger partial charge on any atom is -0.481 e. The van der Waals surface area contributed by atoms with E-state index in [-0.39, 0.29) is 11.7 Å². The number of hydrogen-bond acceptors (Lipinski definition) is 6. The van der Waals surface area contributed by atoms with Crippen molar-refractivity contribution >= 4 is 23.2 Å². The number of aromatic nitrogens is 1. The number of nitrogens with zero attached hydrogens (tertiary/aromatic N) is 3. The summed E-state index contributed by atoms with van der Waals surface area (Å²) in [6.45, 7) is 1.24. The van der Waals surface area contributed by atoms with Crippen LogP contribution in [0.2, 0.25) is 5.02 Å². The molecule has 1 saturated heterocycles. The van der Waals surface area contributed by atoms with Gasteiger partial charge >= 0.3 is 0 Å². The lowest BCUT2D eigenvalue weighted by Crippen LogP contribution is -2.51. The first-order valence-corrected chi connectivity index (χ1v) is 12.5. The zero-order valence-electron chi connectivity index (χ0n) is 20.3. The third kappa shape index (κ3) is 5.18. The van der Waals surface area contributed by atoms with E-state index in [9.17, 15) is 14.4 Å². The Morgan fingerprint density at radius 2 is 2.03 bits per heavy atom. The van der Waals surface area contributed by atoms with E-state index in [0.29, 0.717) is 55.5 Å². The summed E-state index contributed by atoms with van der Waals surface area (Å²) in [6, 6.07) is 15.9. The number of nitriles is 1. The number of halogens is 2. The summed E-state index contributed by atoms with van der Waals surface area (Å²) in [6.07, 6.45) is 2.61. The monoisotopic (exact) mass is 520 g/mol. The van der Waals surface area contributed by atoms with Crippen molar-refractivity contribution < 1.29 is 18.7 Å². The van der Waals surface area contributed by atoms with E-state index >= 15 is 0 Å². The molecule has 2 aromatic carbocycles. The fourth-order valence-corrected chi connectivity index (χ4v) is 5.16. The summed E-state index contributed by atoms with van der Waals surface area (Å²) in [5.41, 5.74) is 2.60. The number of ether oxygens (including phenoxy) is 2. The molecule has 0 saturated carbocycles. The van der Waals surface area contributed by atoms with Crippen LogP contribution in [0, 0.1) is 22.6 Å². The van der Waals surface area contributed by atoms with Gasteiger partial charge in [-0.3, -0.25) is 4.79 Å². The first-order chi connectivity index (χ1) is 17.9. The van der Waals surface area contributed by atoms with Gasteiger partial charge in [0.1, 0.15) is 11.6 Å². The zero-order valence-corrected chi connectivity index (χ0v) is 21.1. The molecule has 1 fully saturated rings. The molecule has 7 nitrogen and oxygen atoms in total. The Balaban J connectivity index is 1.26. The number of carbonyl (C=O) groups is 1. The molecule has 1 unspecified atom stereocenters. The van der Waals surface area contributed by atoms with Gasteiger partial charge in [-0.25, -0.2) is 9.37 Å². The second kappa shape index (κ2) is 10.3. The molecule has 2 aliphatic heterocycles. The Labute approximate surface area is 219 Å². The topological polar surface area (TPSA) is 87.5 Å². The minimum atomic E-state index is -0.692. The number of piperidine rings is 1. The van der Waals surface area contributed by atoms with Gasteiger partial charge in [-0.2, -0.15) is 5.26 Å². The summed E-state index contributed by atoms with van der Waals surface area (Å²) in [4.78, 5) is 19.3. The molecule has 0 spiro atoms. The number of fused-ring (bicyclic) bond motifs is 1. The van der Waals surface area contributed by atoms with Gasteiger partial charge in [0.2, 0.25) is 5.88 Å². The zero-order chi connectivity index (χ0) is 26.0. The van der Waals surface area contributed by atoms with Crippen molar-refractivity contribution in [1.29, 1.82) is 5.26 Å². The van der Waals surface area contributed by atoms with Crippen LogP contribution < -0.4 is 14.8 Å². The molecule has 0 radical (unpaired) electrons. The van der Waals surface area contributed by atoms with Crippen LogP contribution in [0.4, 0.5) is 10.1 Å². The van der Waals surface area contributed by atoms with E-state index < -0.39 is 11.5 Å². The SMILES string of the molecule is COc1ccc(-c2cc3c(cc2Cl)NCC(C(=O)N2CCC(C#N)(Cc4ccc(F)cc4)CC2)O3)cn1. The lowest BCUT2D eigenvalue weighted by molar-refractivity contribution is -0.140. The fourth-order valence-electron chi connectivity index (χ4n) is 4.89. The van der Waals surface area contributed by atoms with E-state index in [0.717, 1.165) is 22.4 Å². The Bertz CT molecular complexity index is 1330. The highest BCUT2D eigenvalue weighted by Crippen LogP contribution is 2.40. The molecule has 2 aliphatic rings. The summed E-state index contributed by atoms with van der Waals surface area (Å²) < 4.78 is 24.5. The Morgan fingerprint density at radius 3 is 2.68 bits per heavy atom. The number of amides is 1. The van der Waals surface area contributed by atoms with Crippen molar-refractivity contribution in [3.63, 3.8) is 0 Å². The highest BCUT2D eigenvalue weighted by atomic mass is 35.5. The Hall–Kier alpha value is -3.83. The van der Waals surface area contributed by atoms with Crippen molar-refractivity contribution in [2.75, 3.05) is 32.1 Å². The lowest BCUT2D eigenvalue weighted by Gasteiger charge is -2.39. The van der Waals surface area contributed by atoms with Crippen molar-refractivity contribution in [3.05, 3.63) is 71.1 Å². The third-order valence-electron chi connectivity index (χ3n) is 7.07. The van der Waals surface area contributed by atoms with Gasteiger partial charge in [0, 0.05) is 36.5 Å². The maximum absolute atomic E-state index is 13.3. The number of benzene rings is 2. The molecule has 1 amide bonds. The third-order valence-corrected chi connectivity index (χ3v) is 7.39. The highest BCUT2D eigenvalue weighted by Gasteiger charge is 2.39. The number of anilines is 1. The average molecular weight is 521 g/mol. The molecule has 0 bridgehead atoms. The second-order valence-corrected chi connectivity index (χ2v) is 9.83. The number of pyridine rings is 1. The van der Waals surface area contributed by atoms with Gasteiger partial charge in [-0.05, 0) is 55.2 Å². The van der Waals surface area contributed by atoms with E-state index in [1.807, 2.05) is 12.1 Å². The molecule has 1 atom stereocenters. The van der Waals surface area contributed by atoms with Crippen LogP contribution >= 0.6 is 11.6 Å². The fraction of sp³-hybridized carbons (Fsp3) is 0.321. The molecule has 5 rings (SSSR count). The lowest BCUT2D eigenvalue weighted by atomic mass is 9.75. The van der Waals surface area contributed by atoms with Crippen LogP contribution in [-0.4, -0.2) is 48.6 Å². The molecule has 3 heterocycles. The predicted octanol–water partition coefficient (Wildman–Crippen LogP) is 5.10. The van der Waals surface area contributed by atoms with Crippen LogP contribution in [0.3, 0.4) is 0 Å². The van der Waals surface area contributed by atoms with Gasteiger partial charge < -0.3 is 19.7 Å². The number of hydrogen-bond donors (Lipinski definition) is 1. The van der Waals surface area contributed by atoms with Gasteiger partial charge in [0.25, 0.3) is 5.91 Å². The number of rotatable bonds is 5. The normalized spacial score (nSPS) is 18.1. The summed E-state index contributed by atoms with van der Waals surface area (Å²) in [5.74, 6) is 0.627. The van der Waals surface area contributed by atoms with Crippen LogP contribution in [-0.2, 0) is 11.2 Å². The van der Waals surface area contributed by atoms with Gasteiger partial charge in [0.05, 0.1) is 35.8 Å². The van der Waals surface area contributed by atoms with Gasteiger partial charge in [0.15, 0.2) is 6.10 Å². The maximum atomic E-state index is 13.3. The molecule has 1 N–H and O–H groups in total. The molecule has 1 aromatic heterocycles. The summed E-state index contributed by atoms with van der Waals surface area (Å²) in [5, 5.41) is 13.7. The van der Waals surface area contributed by atoms with Crippen molar-refractivity contribution in [2.24, 2.45) is 5.41 Å². The molecule has 190 valence electrons. The van der Waals surface area contributed by atoms with Crippen LogP contribution in [0.5, 0.6) is 11.6 Å². The average Bonchev–Trinajstić information content (AvgIpc) is 2.94. The van der Waals surface area contributed by atoms with E-state index in [1.165, 1.54) is 12.1 Å². The van der Waals surface area contributed by atoms with E-state index in [1.54, 1.807) is 42.5 Å². The van der Waals surface area contributed by atoms with Crippen LogP contribution in [0.25, 0.3) is 11.1 Å². The van der Waals surface area contributed by atoms with E-state index in [2.05, 4.69) is 16.4 Å². The first-order valence-electron chi connectivity index (χ1n) is 12.1. The molecule has 0 aliphatic carbocycles. The molecule has 3 aromatic rings. The number of nitrogens with one attached hydrogen (secondary N) is 1. The second-order valence-electron chi connectivity index (χ2n) is 9.43. The maximum Gasteiger partial charge on any atom is 0.265 e. The Kier molecular flexibility index (Phi) is 6.90. The predicted molar refractivity (Wildman–Crippen MR) is 138 cm³/mol. The summed E-state index contributed by atoms with van der Waals surface area (Å²) >= 11 is 6.52. The van der Waals surface area contributed by atoms with Gasteiger partial charge in [-0.1, -0.05) is 23.7 Å². The molecule has 9 heteroatoms. The molecular weight excluding hydrogens is 495 g/mol. The smallest absolute Gasteiger partial charge is 0.265 e. The van der Waals surface area contributed by atoms with Crippen molar-refractivity contribution in [2.45, 2.75) is 25.4 Å². The minimum absolute atomic E-state index is 0.117. The standard InChI is InChI=1S/C28H26ClFN4O3/c1-36-26-7-4-19(15-33-26)21-12-24-23(13-22(21)29)32-16-25(37-24)27(35)34-10-8-28(17-31,9-11-34)14-18-2-5-20(30)6-3-18/h2-7,12-13,15,25,32H,8-11,14,16H2,1H3. The van der Waals surface area contributed by atoms with E-state index in [4.69, 9.17) is 21.1 Å². The molecular formula is C28H26ClFN4O3. The van der Waals surface area contributed by atoms with Crippen molar-refractivity contribution in [3.8, 4) is 28.8 Å².